The van der Waals surface area contributed by atoms with E-state index < -0.39 is 0 Å². The Labute approximate surface area is 118 Å². The van der Waals surface area contributed by atoms with Crippen LogP contribution in [0.25, 0.3) is 0 Å². The van der Waals surface area contributed by atoms with E-state index in [1.165, 1.54) is 11.1 Å². The number of ether oxygens (including phenoxy) is 1. The Hall–Kier alpha value is -0.860. The maximum absolute atomic E-state index is 5.50. The van der Waals surface area contributed by atoms with Gasteiger partial charge in [0.15, 0.2) is 0 Å². The highest BCUT2D eigenvalue weighted by molar-refractivity contribution is 5.21. The van der Waals surface area contributed by atoms with Gasteiger partial charge in [-0.2, -0.15) is 0 Å². The lowest BCUT2D eigenvalue weighted by Crippen LogP contribution is -2.30. The van der Waals surface area contributed by atoms with Crippen LogP contribution in [0.1, 0.15) is 38.3 Å². The molecule has 0 aliphatic rings. The minimum Gasteiger partial charge on any atom is -0.382 e. The molecule has 0 aliphatic heterocycles. The first kappa shape index (κ1) is 16.2. The van der Waals surface area contributed by atoms with Gasteiger partial charge in [-0.25, -0.2) is 0 Å². The summed E-state index contributed by atoms with van der Waals surface area (Å²) in [6.45, 7) is 11.3. The van der Waals surface area contributed by atoms with Crippen molar-refractivity contribution in [2.75, 3.05) is 19.8 Å². The molecule has 0 aromatic heterocycles. The number of nitrogens with one attached hydrogen (secondary N) is 1. The summed E-state index contributed by atoms with van der Waals surface area (Å²) in [6, 6.07) is 9.44. The monoisotopic (exact) mass is 263 g/mol. The largest absolute Gasteiger partial charge is 0.382 e. The molecule has 0 bridgehead atoms. The molecule has 1 N–H and O–H groups in total. The molecule has 0 spiro atoms. The maximum Gasteiger partial charge on any atom is 0.0469 e. The summed E-state index contributed by atoms with van der Waals surface area (Å²) in [7, 11) is 0. The molecule has 0 fully saturated rings. The smallest absolute Gasteiger partial charge is 0.0469 e. The van der Waals surface area contributed by atoms with Gasteiger partial charge in [-0.1, -0.05) is 43.7 Å². The fourth-order valence-electron chi connectivity index (χ4n) is 2.13. The second kappa shape index (κ2) is 9.11. The predicted molar refractivity (Wildman–Crippen MR) is 82.6 cm³/mol. The van der Waals surface area contributed by atoms with Crippen molar-refractivity contribution >= 4 is 0 Å². The lowest BCUT2D eigenvalue weighted by atomic mass is 9.95. The highest BCUT2D eigenvalue weighted by atomic mass is 16.5. The van der Waals surface area contributed by atoms with E-state index >= 15 is 0 Å². The van der Waals surface area contributed by atoms with Crippen molar-refractivity contribution in [3.05, 3.63) is 35.4 Å². The molecular formula is C17H29NO. The van der Waals surface area contributed by atoms with Crippen LogP contribution in [0.3, 0.4) is 0 Å². The van der Waals surface area contributed by atoms with Gasteiger partial charge in [0, 0.05) is 19.3 Å². The SMILES string of the molecule is CCOCCC(CNC(C)C)Cc1ccc(C)cc1. The molecule has 1 aromatic rings. The molecule has 108 valence electrons. The maximum atomic E-state index is 5.50. The summed E-state index contributed by atoms with van der Waals surface area (Å²) in [5.41, 5.74) is 2.76. The fourth-order valence-corrected chi connectivity index (χ4v) is 2.13. The van der Waals surface area contributed by atoms with Crippen molar-refractivity contribution in [1.82, 2.24) is 5.32 Å². The van der Waals surface area contributed by atoms with Crippen molar-refractivity contribution < 1.29 is 4.74 Å². The van der Waals surface area contributed by atoms with Crippen LogP contribution in [-0.4, -0.2) is 25.8 Å². The van der Waals surface area contributed by atoms with Gasteiger partial charge in [-0.3, -0.25) is 0 Å². The topological polar surface area (TPSA) is 21.3 Å². The molecular weight excluding hydrogens is 234 g/mol. The van der Waals surface area contributed by atoms with Gasteiger partial charge >= 0.3 is 0 Å². The molecule has 0 saturated carbocycles. The quantitative estimate of drug-likeness (QED) is 0.688. The standard InChI is InChI=1S/C17H29NO/c1-5-19-11-10-17(13-18-14(2)3)12-16-8-6-15(4)7-9-16/h6-9,14,17-18H,5,10-13H2,1-4H3. The van der Waals surface area contributed by atoms with Crippen molar-refractivity contribution in [1.29, 1.82) is 0 Å². The molecule has 1 aromatic carbocycles. The van der Waals surface area contributed by atoms with Gasteiger partial charge in [0.1, 0.15) is 0 Å². The molecule has 0 saturated heterocycles. The Morgan fingerprint density at radius 3 is 2.42 bits per heavy atom. The zero-order chi connectivity index (χ0) is 14.1. The molecule has 2 heteroatoms. The predicted octanol–water partition coefficient (Wildman–Crippen LogP) is 3.58. The van der Waals surface area contributed by atoms with Gasteiger partial charge in [-0.05, 0) is 44.7 Å². The van der Waals surface area contributed by atoms with Crippen LogP contribution < -0.4 is 5.32 Å². The first-order valence-corrected chi connectivity index (χ1v) is 7.48. The van der Waals surface area contributed by atoms with Crippen LogP contribution in [-0.2, 0) is 11.2 Å². The Morgan fingerprint density at radius 2 is 1.84 bits per heavy atom. The molecule has 1 unspecified atom stereocenters. The van der Waals surface area contributed by atoms with E-state index in [9.17, 15) is 0 Å². The summed E-state index contributed by atoms with van der Waals surface area (Å²) in [5.74, 6) is 0.650. The van der Waals surface area contributed by atoms with Crippen LogP contribution in [0.15, 0.2) is 24.3 Å². The number of rotatable bonds is 9. The van der Waals surface area contributed by atoms with Gasteiger partial charge in [0.25, 0.3) is 0 Å². The summed E-state index contributed by atoms with van der Waals surface area (Å²) >= 11 is 0. The van der Waals surface area contributed by atoms with Gasteiger partial charge in [0.05, 0.1) is 0 Å². The Bertz CT molecular complexity index is 332. The van der Waals surface area contributed by atoms with Gasteiger partial charge < -0.3 is 10.1 Å². The van der Waals surface area contributed by atoms with E-state index in [-0.39, 0.29) is 0 Å². The third-order valence-corrected chi connectivity index (χ3v) is 3.33. The molecule has 19 heavy (non-hydrogen) atoms. The van der Waals surface area contributed by atoms with Crippen molar-refractivity contribution in [2.45, 2.75) is 46.6 Å². The lowest BCUT2D eigenvalue weighted by Gasteiger charge is -2.19. The highest BCUT2D eigenvalue weighted by Crippen LogP contribution is 2.13. The molecule has 2 nitrogen and oxygen atoms in total. The first-order chi connectivity index (χ1) is 9.11. The minimum atomic E-state index is 0.549. The van der Waals surface area contributed by atoms with E-state index in [1.807, 2.05) is 0 Å². The van der Waals surface area contributed by atoms with Crippen LogP contribution in [0.4, 0.5) is 0 Å². The Balaban J connectivity index is 2.48. The summed E-state index contributed by atoms with van der Waals surface area (Å²) < 4.78 is 5.50. The minimum absolute atomic E-state index is 0.549. The number of hydrogen-bond acceptors (Lipinski definition) is 2. The third-order valence-electron chi connectivity index (χ3n) is 3.33. The molecule has 0 aliphatic carbocycles. The average molecular weight is 263 g/mol. The Morgan fingerprint density at radius 1 is 1.16 bits per heavy atom. The average Bonchev–Trinajstić information content (AvgIpc) is 2.38. The molecule has 0 heterocycles. The lowest BCUT2D eigenvalue weighted by molar-refractivity contribution is 0.131. The van der Waals surface area contributed by atoms with E-state index in [2.05, 4.69) is 57.3 Å². The van der Waals surface area contributed by atoms with E-state index in [0.29, 0.717) is 12.0 Å². The second-order valence-electron chi connectivity index (χ2n) is 5.60. The molecule has 1 atom stereocenters. The third kappa shape index (κ3) is 7.34. The highest BCUT2D eigenvalue weighted by Gasteiger charge is 2.10. The van der Waals surface area contributed by atoms with Gasteiger partial charge in [0.2, 0.25) is 0 Å². The normalized spacial score (nSPS) is 12.9. The van der Waals surface area contributed by atoms with Crippen LogP contribution in [0, 0.1) is 12.8 Å². The molecule has 0 radical (unpaired) electrons. The Kier molecular flexibility index (Phi) is 7.76. The van der Waals surface area contributed by atoms with Crippen molar-refractivity contribution in [2.24, 2.45) is 5.92 Å². The molecule has 0 amide bonds. The summed E-state index contributed by atoms with van der Waals surface area (Å²) in [5, 5.41) is 3.55. The van der Waals surface area contributed by atoms with E-state index in [4.69, 9.17) is 4.74 Å². The number of aryl methyl sites for hydroxylation is 1. The number of benzene rings is 1. The summed E-state index contributed by atoms with van der Waals surface area (Å²) in [4.78, 5) is 0. The zero-order valence-corrected chi connectivity index (χ0v) is 12.9. The van der Waals surface area contributed by atoms with Gasteiger partial charge in [-0.15, -0.1) is 0 Å². The first-order valence-electron chi connectivity index (χ1n) is 7.48. The van der Waals surface area contributed by atoms with Crippen LogP contribution >= 0.6 is 0 Å². The number of hydrogen-bond donors (Lipinski definition) is 1. The molecule has 1 rings (SSSR count). The van der Waals surface area contributed by atoms with E-state index in [0.717, 1.165) is 32.6 Å². The van der Waals surface area contributed by atoms with Crippen LogP contribution in [0.2, 0.25) is 0 Å². The zero-order valence-electron chi connectivity index (χ0n) is 12.9. The summed E-state index contributed by atoms with van der Waals surface area (Å²) in [6.07, 6.45) is 2.26. The second-order valence-corrected chi connectivity index (χ2v) is 5.60. The van der Waals surface area contributed by atoms with E-state index in [1.54, 1.807) is 0 Å². The van der Waals surface area contributed by atoms with Crippen molar-refractivity contribution in [3.63, 3.8) is 0 Å². The fraction of sp³-hybridized carbons (Fsp3) is 0.647. The van der Waals surface area contributed by atoms with Crippen molar-refractivity contribution in [3.8, 4) is 0 Å². The van der Waals surface area contributed by atoms with Crippen LogP contribution in [0.5, 0.6) is 0 Å².